The van der Waals surface area contributed by atoms with Gasteiger partial charge < -0.3 is 5.32 Å². The number of aromatic nitrogens is 2. The molecule has 2 heterocycles. The fourth-order valence-corrected chi connectivity index (χ4v) is 3.43. The minimum atomic E-state index is -0.503. The van der Waals surface area contributed by atoms with Crippen molar-refractivity contribution in [1.82, 2.24) is 9.55 Å². The van der Waals surface area contributed by atoms with Crippen LogP contribution in [0.5, 0.6) is 0 Å². The molecule has 0 saturated carbocycles. The number of hydrogen-bond donors (Lipinski definition) is 1. The van der Waals surface area contributed by atoms with Crippen LogP contribution < -0.4 is 10.9 Å². The Labute approximate surface area is 146 Å². The van der Waals surface area contributed by atoms with Crippen LogP contribution in [-0.4, -0.2) is 22.0 Å². The van der Waals surface area contributed by atoms with Crippen LogP contribution in [0.4, 0.5) is 5.69 Å². The molecule has 0 fully saturated rings. The molecule has 0 saturated heterocycles. The molecule has 2 aromatic carbocycles. The van der Waals surface area contributed by atoms with Crippen LogP contribution in [0, 0.1) is 0 Å². The van der Waals surface area contributed by atoms with Gasteiger partial charge in [0.1, 0.15) is 5.82 Å². The SMILES string of the molecule is O=C1c2c(Cl)cccc2NCCc2nc3cccc(Cl)c3c(=O)n21. The lowest BCUT2D eigenvalue weighted by molar-refractivity contribution is 0.0952. The van der Waals surface area contributed by atoms with Crippen LogP contribution in [0.2, 0.25) is 10.0 Å². The molecule has 1 aromatic heterocycles. The Morgan fingerprint density at radius 2 is 1.79 bits per heavy atom. The zero-order valence-corrected chi connectivity index (χ0v) is 13.9. The molecule has 7 heteroatoms. The first-order chi connectivity index (χ1) is 11.6. The Morgan fingerprint density at radius 1 is 1.04 bits per heavy atom. The maximum absolute atomic E-state index is 13.0. The van der Waals surface area contributed by atoms with Gasteiger partial charge in [-0.15, -0.1) is 0 Å². The van der Waals surface area contributed by atoms with E-state index < -0.39 is 11.5 Å². The molecule has 3 aromatic rings. The van der Waals surface area contributed by atoms with Crippen LogP contribution in [-0.2, 0) is 6.42 Å². The summed E-state index contributed by atoms with van der Waals surface area (Å²) in [6, 6.07) is 10.2. The maximum Gasteiger partial charge on any atom is 0.270 e. The number of rotatable bonds is 0. The van der Waals surface area contributed by atoms with Crippen molar-refractivity contribution >= 4 is 45.7 Å². The van der Waals surface area contributed by atoms with Gasteiger partial charge in [-0.1, -0.05) is 35.3 Å². The van der Waals surface area contributed by atoms with Crippen molar-refractivity contribution in [2.45, 2.75) is 6.42 Å². The summed E-state index contributed by atoms with van der Waals surface area (Å²) in [5.74, 6) is -0.116. The molecule has 0 radical (unpaired) electrons. The first-order valence-electron chi connectivity index (χ1n) is 7.35. The van der Waals surface area contributed by atoms with E-state index in [-0.39, 0.29) is 21.0 Å². The van der Waals surface area contributed by atoms with Crippen molar-refractivity contribution in [3.8, 4) is 0 Å². The second kappa shape index (κ2) is 5.61. The Morgan fingerprint density at radius 3 is 2.62 bits per heavy atom. The molecule has 1 aliphatic rings. The average molecular weight is 360 g/mol. The monoisotopic (exact) mass is 359 g/mol. The highest BCUT2D eigenvalue weighted by Gasteiger charge is 2.25. The summed E-state index contributed by atoms with van der Waals surface area (Å²) in [7, 11) is 0. The highest BCUT2D eigenvalue weighted by molar-refractivity contribution is 6.36. The van der Waals surface area contributed by atoms with E-state index in [9.17, 15) is 9.59 Å². The van der Waals surface area contributed by atoms with Gasteiger partial charge in [-0.05, 0) is 24.3 Å². The minimum Gasteiger partial charge on any atom is -0.384 e. The largest absolute Gasteiger partial charge is 0.384 e. The van der Waals surface area contributed by atoms with Crippen LogP contribution in [0.25, 0.3) is 10.9 Å². The predicted octanol–water partition coefficient (Wildman–Crippen LogP) is 3.36. The summed E-state index contributed by atoms with van der Waals surface area (Å²) >= 11 is 12.4. The zero-order valence-electron chi connectivity index (χ0n) is 12.3. The molecule has 0 atom stereocenters. The zero-order chi connectivity index (χ0) is 16.8. The Bertz CT molecular complexity index is 1060. The van der Waals surface area contributed by atoms with E-state index in [1.807, 2.05) is 0 Å². The van der Waals surface area contributed by atoms with Crippen LogP contribution in [0.1, 0.15) is 16.2 Å². The van der Waals surface area contributed by atoms with Crippen LogP contribution in [0.3, 0.4) is 0 Å². The van der Waals surface area contributed by atoms with E-state index >= 15 is 0 Å². The van der Waals surface area contributed by atoms with E-state index in [4.69, 9.17) is 23.2 Å². The fraction of sp³-hybridized carbons (Fsp3) is 0.118. The van der Waals surface area contributed by atoms with E-state index in [0.717, 1.165) is 4.57 Å². The van der Waals surface area contributed by atoms with Crippen molar-refractivity contribution in [3.63, 3.8) is 0 Å². The first-order valence-corrected chi connectivity index (χ1v) is 8.11. The van der Waals surface area contributed by atoms with Gasteiger partial charge in [0.25, 0.3) is 11.5 Å². The van der Waals surface area contributed by atoms with E-state index in [1.165, 1.54) is 0 Å². The number of carbonyl (C=O) groups excluding carboxylic acids is 1. The average Bonchev–Trinajstić information content (AvgIpc) is 2.53. The summed E-state index contributed by atoms with van der Waals surface area (Å²) in [6.45, 7) is 0.527. The van der Waals surface area contributed by atoms with E-state index in [0.29, 0.717) is 30.0 Å². The molecule has 0 amide bonds. The highest BCUT2D eigenvalue weighted by Crippen LogP contribution is 2.27. The lowest BCUT2D eigenvalue weighted by Gasteiger charge is -2.19. The second-order valence-electron chi connectivity index (χ2n) is 5.45. The van der Waals surface area contributed by atoms with Crippen molar-refractivity contribution < 1.29 is 4.79 Å². The summed E-state index contributed by atoms with van der Waals surface area (Å²) in [5, 5.41) is 3.96. The molecular weight excluding hydrogens is 349 g/mol. The van der Waals surface area contributed by atoms with Crippen molar-refractivity contribution in [2.75, 3.05) is 11.9 Å². The van der Waals surface area contributed by atoms with Gasteiger partial charge in [-0.25, -0.2) is 9.55 Å². The molecule has 1 N–H and O–H groups in total. The maximum atomic E-state index is 13.0. The highest BCUT2D eigenvalue weighted by atomic mass is 35.5. The lowest BCUT2D eigenvalue weighted by atomic mass is 10.1. The van der Waals surface area contributed by atoms with Crippen molar-refractivity contribution in [2.24, 2.45) is 0 Å². The predicted molar refractivity (Wildman–Crippen MR) is 94.4 cm³/mol. The van der Waals surface area contributed by atoms with Gasteiger partial charge in [0.2, 0.25) is 0 Å². The molecule has 120 valence electrons. The van der Waals surface area contributed by atoms with Gasteiger partial charge >= 0.3 is 0 Å². The molecule has 0 spiro atoms. The molecule has 5 nitrogen and oxygen atoms in total. The Hall–Kier alpha value is -2.37. The number of fused-ring (bicyclic) bond motifs is 3. The van der Waals surface area contributed by atoms with E-state index in [1.54, 1.807) is 36.4 Å². The third-order valence-electron chi connectivity index (χ3n) is 4.01. The summed E-state index contributed by atoms with van der Waals surface area (Å²) < 4.78 is 1.08. The normalized spacial score (nSPS) is 13.7. The fourth-order valence-electron chi connectivity index (χ4n) is 2.92. The molecule has 1 aliphatic heterocycles. The number of benzene rings is 2. The molecule has 0 aliphatic carbocycles. The van der Waals surface area contributed by atoms with Gasteiger partial charge in [-0.2, -0.15) is 0 Å². The van der Waals surface area contributed by atoms with Crippen LogP contribution in [0.15, 0.2) is 41.2 Å². The molecular formula is C17H11Cl2N3O2. The number of hydrogen-bond acceptors (Lipinski definition) is 4. The first kappa shape index (κ1) is 15.2. The smallest absolute Gasteiger partial charge is 0.270 e. The Kier molecular flexibility index (Phi) is 3.55. The quantitative estimate of drug-likeness (QED) is 0.668. The van der Waals surface area contributed by atoms with Crippen molar-refractivity contribution in [3.05, 3.63) is 68.2 Å². The minimum absolute atomic E-state index is 0.235. The van der Waals surface area contributed by atoms with E-state index in [2.05, 4.69) is 10.3 Å². The Balaban J connectivity index is 2.09. The third-order valence-corrected chi connectivity index (χ3v) is 4.64. The summed E-state index contributed by atoms with van der Waals surface area (Å²) in [5.41, 5.74) is 0.865. The number of anilines is 1. The number of halogens is 2. The lowest BCUT2D eigenvalue weighted by Crippen LogP contribution is -2.34. The van der Waals surface area contributed by atoms with Crippen LogP contribution >= 0.6 is 23.2 Å². The molecule has 0 bridgehead atoms. The molecule has 0 unspecified atom stereocenters. The summed E-state index contributed by atoms with van der Waals surface area (Å²) in [4.78, 5) is 30.4. The van der Waals surface area contributed by atoms with Gasteiger partial charge in [0.15, 0.2) is 0 Å². The number of nitrogens with zero attached hydrogens (tertiary/aromatic N) is 2. The number of nitrogens with one attached hydrogen (secondary N) is 1. The molecule has 4 rings (SSSR count). The molecule has 24 heavy (non-hydrogen) atoms. The summed E-state index contributed by atoms with van der Waals surface area (Å²) in [6.07, 6.45) is 0.426. The van der Waals surface area contributed by atoms with Gasteiger partial charge in [0, 0.05) is 18.7 Å². The second-order valence-corrected chi connectivity index (χ2v) is 6.26. The van der Waals surface area contributed by atoms with Crippen molar-refractivity contribution in [1.29, 1.82) is 0 Å². The number of carbonyl (C=O) groups is 1. The third kappa shape index (κ3) is 2.20. The van der Waals surface area contributed by atoms with Gasteiger partial charge in [0.05, 0.1) is 26.5 Å². The topological polar surface area (TPSA) is 64.0 Å². The van der Waals surface area contributed by atoms with Gasteiger partial charge in [-0.3, -0.25) is 9.59 Å². The standard InChI is InChI=1S/C17H11Cl2N3O2/c18-9-3-1-5-11-14(9)16(23)22-13(7-8-20-11)21-12-6-2-4-10(19)15(12)17(22)24/h1-6,20H,7-8H2.